The Labute approximate surface area is 112 Å². The van der Waals surface area contributed by atoms with Crippen molar-refractivity contribution in [3.05, 3.63) is 18.7 Å². The lowest BCUT2D eigenvalue weighted by Gasteiger charge is -2.16. The zero-order chi connectivity index (χ0) is 13.7. The molecule has 1 atom stereocenters. The minimum absolute atomic E-state index is 0.0905. The van der Waals surface area contributed by atoms with E-state index in [1.165, 1.54) is 0 Å². The van der Waals surface area contributed by atoms with Gasteiger partial charge in [0.15, 0.2) is 0 Å². The molecule has 6 heteroatoms. The van der Waals surface area contributed by atoms with Gasteiger partial charge in [-0.1, -0.05) is 0 Å². The van der Waals surface area contributed by atoms with Gasteiger partial charge in [0.2, 0.25) is 11.8 Å². The quantitative estimate of drug-likeness (QED) is 0.845. The molecule has 0 spiro atoms. The molecule has 19 heavy (non-hydrogen) atoms. The Balaban J connectivity index is 1.70. The highest BCUT2D eigenvalue weighted by atomic mass is 16.2. The van der Waals surface area contributed by atoms with Crippen molar-refractivity contribution < 1.29 is 9.59 Å². The Morgan fingerprint density at radius 1 is 1.37 bits per heavy atom. The topological polar surface area (TPSA) is 67.2 Å². The van der Waals surface area contributed by atoms with E-state index in [4.69, 9.17) is 0 Å². The van der Waals surface area contributed by atoms with Crippen molar-refractivity contribution in [2.75, 3.05) is 19.6 Å². The van der Waals surface area contributed by atoms with E-state index < -0.39 is 0 Å². The van der Waals surface area contributed by atoms with Gasteiger partial charge in [-0.2, -0.15) is 0 Å². The van der Waals surface area contributed by atoms with E-state index in [0.29, 0.717) is 13.0 Å². The lowest BCUT2D eigenvalue weighted by Crippen LogP contribution is -2.35. The second-order valence-electron chi connectivity index (χ2n) is 4.81. The average molecular weight is 264 g/mol. The molecule has 2 amide bonds. The Morgan fingerprint density at radius 2 is 2.11 bits per heavy atom. The molecule has 104 valence electrons. The predicted octanol–water partition coefficient (Wildman–Crippen LogP) is 0.573. The molecule has 2 heterocycles. The predicted molar refractivity (Wildman–Crippen MR) is 70.4 cm³/mol. The van der Waals surface area contributed by atoms with Crippen molar-refractivity contribution in [1.29, 1.82) is 0 Å². The molecular weight excluding hydrogens is 244 g/mol. The smallest absolute Gasteiger partial charge is 0.242 e. The number of aromatic nitrogens is 2. The summed E-state index contributed by atoms with van der Waals surface area (Å²) in [5.41, 5.74) is 0. The fraction of sp³-hybridized carbons (Fsp3) is 0.615. The molecule has 1 aliphatic rings. The van der Waals surface area contributed by atoms with Crippen molar-refractivity contribution in [3.63, 3.8) is 0 Å². The summed E-state index contributed by atoms with van der Waals surface area (Å²) in [5, 5.41) is 2.79. The van der Waals surface area contributed by atoms with Gasteiger partial charge in [0.05, 0.1) is 6.33 Å². The maximum absolute atomic E-state index is 11.9. The molecule has 2 rings (SSSR count). The summed E-state index contributed by atoms with van der Waals surface area (Å²) in [5.74, 6) is 0.0419. The lowest BCUT2D eigenvalue weighted by molar-refractivity contribution is -0.130. The molecule has 1 fully saturated rings. The minimum Gasteiger partial charge on any atom is -0.354 e. The molecule has 0 saturated carbocycles. The van der Waals surface area contributed by atoms with Crippen molar-refractivity contribution >= 4 is 11.8 Å². The van der Waals surface area contributed by atoms with Crippen LogP contribution in [-0.4, -0.2) is 45.9 Å². The highest BCUT2D eigenvalue weighted by Gasteiger charge is 2.18. The fourth-order valence-electron chi connectivity index (χ4n) is 2.20. The first-order chi connectivity index (χ1) is 9.18. The molecular formula is C13H20N4O2. The van der Waals surface area contributed by atoms with Gasteiger partial charge in [-0.05, 0) is 19.8 Å². The number of nitrogens with zero attached hydrogens (tertiary/aromatic N) is 3. The largest absolute Gasteiger partial charge is 0.354 e. The summed E-state index contributed by atoms with van der Waals surface area (Å²) in [7, 11) is 0. The van der Waals surface area contributed by atoms with Crippen LogP contribution in [0.3, 0.4) is 0 Å². The van der Waals surface area contributed by atoms with Crippen LogP contribution in [0.4, 0.5) is 0 Å². The molecule has 6 nitrogen and oxygen atoms in total. The molecule has 1 aromatic heterocycles. The molecule has 0 bridgehead atoms. The number of carbonyl (C=O) groups is 2. The second-order valence-corrected chi connectivity index (χ2v) is 4.81. The van der Waals surface area contributed by atoms with Crippen LogP contribution >= 0.6 is 0 Å². The Kier molecular flexibility index (Phi) is 4.54. The van der Waals surface area contributed by atoms with Gasteiger partial charge in [0.1, 0.15) is 6.04 Å². The van der Waals surface area contributed by atoms with Crippen LogP contribution < -0.4 is 5.32 Å². The summed E-state index contributed by atoms with van der Waals surface area (Å²) < 4.78 is 1.73. The first-order valence-corrected chi connectivity index (χ1v) is 6.71. The third kappa shape index (κ3) is 3.56. The molecule has 1 N–H and O–H groups in total. The van der Waals surface area contributed by atoms with Crippen LogP contribution in [-0.2, 0) is 9.59 Å². The highest BCUT2D eigenvalue weighted by molar-refractivity contribution is 5.81. The van der Waals surface area contributed by atoms with Crippen LogP contribution in [0.2, 0.25) is 0 Å². The maximum Gasteiger partial charge on any atom is 0.242 e. The Hall–Kier alpha value is -1.85. The van der Waals surface area contributed by atoms with Crippen LogP contribution in [0.25, 0.3) is 0 Å². The standard InChI is InChI=1S/C13H20N4O2/c1-11(17-9-6-14-10-17)13(19)15-5-4-12(18)16-7-2-3-8-16/h6,9-11H,2-5,7-8H2,1H3,(H,15,19)/t11-/m1/s1. The summed E-state index contributed by atoms with van der Waals surface area (Å²) in [4.78, 5) is 29.4. The average Bonchev–Trinajstić information content (AvgIpc) is 3.10. The number of carbonyl (C=O) groups excluding carboxylic acids is 2. The van der Waals surface area contributed by atoms with E-state index in [9.17, 15) is 9.59 Å². The lowest BCUT2D eigenvalue weighted by atomic mass is 10.3. The van der Waals surface area contributed by atoms with Gasteiger partial charge in [-0.25, -0.2) is 4.98 Å². The van der Waals surface area contributed by atoms with Crippen molar-refractivity contribution in [1.82, 2.24) is 19.8 Å². The number of amides is 2. The van der Waals surface area contributed by atoms with Crippen molar-refractivity contribution in [2.45, 2.75) is 32.2 Å². The van der Waals surface area contributed by atoms with E-state index >= 15 is 0 Å². The Morgan fingerprint density at radius 3 is 2.74 bits per heavy atom. The van der Waals surface area contributed by atoms with Crippen molar-refractivity contribution in [3.8, 4) is 0 Å². The highest BCUT2D eigenvalue weighted by Crippen LogP contribution is 2.08. The van der Waals surface area contributed by atoms with Gasteiger partial charge in [0, 0.05) is 38.4 Å². The third-order valence-electron chi connectivity index (χ3n) is 3.45. The van der Waals surface area contributed by atoms with Crippen LogP contribution in [0.15, 0.2) is 18.7 Å². The van der Waals surface area contributed by atoms with Gasteiger partial charge >= 0.3 is 0 Å². The summed E-state index contributed by atoms with van der Waals surface area (Å²) in [6.07, 6.45) is 7.56. The summed E-state index contributed by atoms with van der Waals surface area (Å²) in [6, 6.07) is -0.301. The van der Waals surface area contributed by atoms with E-state index in [2.05, 4.69) is 10.3 Å². The molecule has 0 radical (unpaired) electrons. The molecule has 0 unspecified atom stereocenters. The van der Waals surface area contributed by atoms with E-state index in [1.54, 1.807) is 30.2 Å². The number of hydrogen-bond donors (Lipinski definition) is 1. The maximum atomic E-state index is 11.9. The number of likely N-dealkylation sites (tertiary alicyclic amines) is 1. The van der Waals surface area contributed by atoms with E-state index in [1.807, 2.05) is 4.90 Å². The molecule has 1 aromatic rings. The fourth-order valence-corrected chi connectivity index (χ4v) is 2.20. The normalized spacial score (nSPS) is 16.4. The monoisotopic (exact) mass is 264 g/mol. The van der Waals surface area contributed by atoms with Gasteiger partial charge in [-0.15, -0.1) is 0 Å². The van der Waals surface area contributed by atoms with Gasteiger partial charge < -0.3 is 14.8 Å². The van der Waals surface area contributed by atoms with Crippen LogP contribution in [0.1, 0.15) is 32.2 Å². The first-order valence-electron chi connectivity index (χ1n) is 6.71. The minimum atomic E-state index is -0.301. The van der Waals surface area contributed by atoms with Crippen molar-refractivity contribution in [2.24, 2.45) is 0 Å². The Bertz CT molecular complexity index is 424. The molecule has 1 saturated heterocycles. The third-order valence-corrected chi connectivity index (χ3v) is 3.45. The summed E-state index contributed by atoms with van der Waals surface area (Å²) >= 11 is 0. The zero-order valence-corrected chi connectivity index (χ0v) is 11.2. The van der Waals surface area contributed by atoms with Gasteiger partial charge in [0.25, 0.3) is 0 Å². The van der Waals surface area contributed by atoms with Crippen LogP contribution in [0, 0.1) is 0 Å². The number of rotatable bonds is 5. The molecule has 0 aromatic carbocycles. The second kappa shape index (κ2) is 6.36. The SMILES string of the molecule is C[C@H](C(=O)NCCC(=O)N1CCCC1)n1ccnc1. The number of imidazole rings is 1. The van der Waals surface area contributed by atoms with E-state index in [-0.39, 0.29) is 17.9 Å². The first kappa shape index (κ1) is 13.6. The van der Waals surface area contributed by atoms with Crippen LogP contribution in [0.5, 0.6) is 0 Å². The van der Waals surface area contributed by atoms with Gasteiger partial charge in [-0.3, -0.25) is 9.59 Å². The number of nitrogens with one attached hydrogen (secondary N) is 1. The summed E-state index contributed by atoms with van der Waals surface area (Å²) in [6.45, 7) is 3.92. The molecule has 1 aliphatic heterocycles. The number of hydrogen-bond acceptors (Lipinski definition) is 3. The van der Waals surface area contributed by atoms with E-state index in [0.717, 1.165) is 25.9 Å². The zero-order valence-electron chi connectivity index (χ0n) is 11.2. The molecule has 0 aliphatic carbocycles.